The van der Waals surface area contributed by atoms with E-state index in [1.165, 1.54) is 15.4 Å². The monoisotopic (exact) mass is 463 g/mol. The molecule has 0 bridgehead atoms. The Hall–Kier alpha value is -2.76. The van der Waals surface area contributed by atoms with Gasteiger partial charge in [0, 0.05) is 26.9 Å². The minimum Gasteiger partial charge on any atom is -0.299 e. The van der Waals surface area contributed by atoms with Gasteiger partial charge in [0.05, 0.1) is 4.90 Å². The van der Waals surface area contributed by atoms with E-state index < -0.39 is 10.0 Å². The van der Waals surface area contributed by atoms with Gasteiger partial charge in [-0.1, -0.05) is 72.3 Å². The maximum Gasteiger partial charge on any atom is 0.243 e. The van der Waals surface area contributed by atoms with Gasteiger partial charge in [0.25, 0.3) is 0 Å². The summed E-state index contributed by atoms with van der Waals surface area (Å²) in [7, 11) is -3.53. The number of carbonyl (C=O) groups is 1. The summed E-state index contributed by atoms with van der Waals surface area (Å²) in [6, 6.07) is 24.0. The van der Waals surface area contributed by atoms with Crippen molar-refractivity contribution < 1.29 is 14.6 Å². The molecule has 3 aromatic rings. The quantitative estimate of drug-likeness (QED) is 0.474. The van der Waals surface area contributed by atoms with Gasteiger partial charge in [-0.05, 0) is 61.4 Å². The lowest BCUT2D eigenvalue weighted by Crippen LogP contribution is -2.40. The van der Waals surface area contributed by atoms with Crippen molar-refractivity contribution in [3.63, 3.8) is 0 Å². The summed E-state index contributed by atoms with van der Waals surface area (Å²) in [6.07, 6.45) is 2.44. The van der Waals surface area contributed by atoms with E-state index >= 15 is 0 Å². The van der Waals surface area contributed by atoms with Crippen LogP contribution in [0.25, 0.3) is 0 Å². The van der Waals surface area contributed by atoms with Gasteiger partial charge >= 0.3 is 0 Å². The highest BCUT2D eigenvalue weighted by molar-refractivity contribution is 7.89. The molecule has 0 saturated carbocycles. The molecule has 0 N–H and O–H groups in total. The van der Waals surface area contributed by atoms with Gasteiger partial charge in [-0.15, -0.1) is 0 Å². The number of aryl methyl sites for hydroxylation is 2. The normalized spacial score (nSPS) is 15.5. The molecule has 0 aromatic heterocycles. The van der Waals surface area contributed by atoms with Crippen LogP contribution in [-0.4, -0.2) is 31.6 Å². The topological polar surface area (TPSA) is 54.5 Å². The van der Waals surface area contributed by atoms with Crippen LogP contribution < -0.4 is 0 Å². The van der Waals surface area contributed by atoms with Crippen molar-refractivity contribution in [3.05, 3.63) is 101 Å². The number of benzene rings is 3. The van der Waals surface area contributed by atoms with Crippen LogP contribution in [0.4, 0.5) is 0 Å². The lowest BCUT2D eigenvalue weighted by molar-refractivity contribution is -0.123. The van der Waals surface area contributed by atoms with E-state index in [2.05, 4.69) is 24.3 Å². The molecule has 0 radical (unpaired) electrons. The number of nitrogens with zero attached hydrogens (tertiary/aromatic N) is 1. The fourth-order valence-electron chi connectivity index (χ4n) is 4.60. The Labute approximate surface area is 198 Å². The molecule has 1 saturated heterocycles. The fraction of sp³-hybridized carbons (Fsp3) is 0.321. The first kappa shape index (κ1) is 23.4. The predicted octanol–water partition coefficient (Wildman–Crippen LogP) is 5.35. The van der Waals surface area contributed by atoms with Crippen LogP contribution in [0.5, 0.6) is 0 Å². The van der Waals surface area contributed by atoms with Gasteiger partial charge in [0.15, 0.2) is 0 Å². The zero-order valence-corrected chi connectivity index (χ0v) is 20.1. The van der Waals surface area contributed by atoms with E-state index in [-0.39, 0.29) is 13.1 Å². The number of carbonyl (C=O) groups excluding carboxylic acids is 1. The van der Waals surface area contributed by atoms with Crippen molar-refractivity contribution in [1.29, 1.82) is 0 Å². The largest absolute Gasteiger partial charge is 0.299 e. The Morgan fingerprint density at radius 2 is 1.48 bits per heavy atom. The van der Waals surface area contributed by atoms with Gasteiger partial charge < -0.3 is 0 Å². The third kappa shape index (κ3) is 5.60. The Kier molecular flexibility index (Phi) is 7.11. The van der Waals surface area contributed by atoms with Crippen LogP contribution in [0.3, 0.4) is 0 Å². The molecule has 1 fully saturated rings. The molecule has 1 heterocycles. The van der Waals surface area contributed by atoms with Gasteiger partial charge in [-0.3, -0.25) is 4.79 Å². The Morgan fingerprint density at radius 1 is 0.879 bits per heavy atom. The minimum absolute atomic E-state index is 0. The molecule has 5 heteroatoms. The standard InChI is InChI=1S/C28H31NO3S.H2/c1-21-8-13-28(22(2)18-21)33(31,32)29-16-14-26(15-17-29)27(30)20-25-11-9-24(10-12-25)19-23-6-4-3-5-7-23;/h3-13,18,26H,14-17,19-20H2,1-2H3;1H. The molecular weight excluding hydrogens is 430 g/mol. The van der Waals surface area contributed by atoms with Crippen molar-refractivity contribution in [2.75, 3.05) is 13.1 Å². The average molecular weight is 464 g/mol. The Balaban J connectivity index is 0.00000324. The number of piperidine rings is 1. The number of Topliss-reactive ketones (excluding diaryl/α,β-unsaturated/α-hetero) is 1. The van der Waals surface area contributed by atoms with Gasteiger partial charge in [-0.25, -0.2) is 8.42 Å². The minimum atomic E-state index is -3.53. The molecule has 0 spiro atoms. The summed E-state index contributed by atoms with van der Waals surface area (Å²) in [5.74, 6) is 0.119. The van der Waals surface area contributed by atoms with E-state index in [0.717, 1.165) is 23.1 Å². The molecule has 33 heavy (non-hydrogen) atoms. The van der Waals surface area contributed by atoms with Crippen molar-refractivity contribution in [2.45, 2.75) is 44.4 Å². The molecule has 0 unspecified atom stereocenters. The first-order valence-electron chi connectivity index (χ1n) is 11.5. The summed E-state index contributed by atoms with van der Waals surface area (Å²) < 4.78 is 27.7. The second-order valence-corrected chi connectivity index (χ2v) is 11.0. The second kappa shape index (κ2) is 10.0. The van der Waals surface area contributed by atoms with E-state index in [9.17, 15) is 13.2 Å². The smallest absolute Gasteiger partial charge is 0.243 e. The van der Waals surface area contributed by atoms with E-state index in [1.807, 2.05) is 56.3 Å². The highest BCUT2D eigenvalue weighted by Crippen LogP contribution is 2.27. The number of rotatable bonds is 7. The van der Waals surface area contributed by atoms with Crippen LogP contribution >= 0.6 is 0 Å². The maximum atomic E-state index is 13.1. The van der Waals surface area contributed by atoms with Crippen molar-refractivity contribution in [2.24, 2.45) is 5.92 Å². The summed E-state index contributed by atoms with van der Waals surface area (Å²) >= 11 is 0. The second-order valence-electron chi connectivity index (χ2n) is 9.07. The van der Waals surface area contributed by atoms with Crippen molar-refractivity contribution in [3.8, 4) is 0 Å². The molecule has 0 amide bonds. The predicted molar refractivity (Wildman–Crippen MR) is 134 cm³/mol. The Morgan fingerprint density at radius 3 is 2.12 bits per heavy atom. The molecule has 1 aliphatic rings. The van der Waals surface area contributed by atoms with Crippen LogP contribution in [-0.2, 0) is 27.7 Å². The van der Waals surface area contributed by atoms with E-state index in [4.69, 9.17) is 0 Å². The third-order valence-corrected chi connectivity index (χ3v) is 8.57. The maximum absolute atomic E-state index is 13.1. The van der Waals surface area contributed by atoms with E-state index in [0.29, 0.717) is 37.2 Å². The average Bonchev–Trinajstić information content (AvgIpc) is 2.81. The molecule has 0 aliphatic carbocycles. The van der Waals surface area contributed by atoms with Gasteiger partial charge in [0.2, 0.25) is 10.0 Å². The highest BCUT2D eigenvalue weighted by Gasteiger charge is 2.32. The fourth-order valence-corrected chi connectivity index (χ4v) is 6.27. The number of sulfonamides is 1. The van der Waals surface area contributed by atoms with Crippen molar-refractivity contribution in [1.82, 2.24) is 4.31 Å². The number of hydrogen-bond donors (Lipinski definition) is 0. The molecule has 174 valence electrons. The molecule has 0 atom stereocenters. The lowest BCUT2D eigenvalue weighted by Gasteiger charge is -2.31. The lowest BCUT2D eigenvalue weighted by atomic mass is 9.90. The summed E-state index contributed by atoms with van der Waals surface area (Å²) in [4.78, 5) is 13.3. The zero-order chi connectivity index (χ0) is 23.4. The number of ketones is 1. The molecule has 4 rings (SSSR count). The molecular formula is C28H33NO3S. The summed E-state index contributed by atoms with van der Waals surface area (Å²) in [5.41, 5.74) is 5.32. The van der Waals surface area contributed by atoms with Crippen LogP contribution in [0.15, 0.2) is 77.7 Å². The van der Waals surface area contributed by atoms with Crippen LogP contribution in [0.2, 0.25) is 0 Å². The molecule has 1 aliphatic heterocycles. The van der Waals surface area contributed by atoms with Gasteiger partial charge in [-0.2, -0.15) is 4.31 Å². The Bertz CT molecular complexity index is 1220. The SMILES string of the molecule is Cc1ccc(S(=O)(=O)N2CCC(C(=O)Cc3ccc(Cc4ccccc4)cc3)CC2)c(C)c1.[HH]. The van der Waals surface area contributed by atoms with Gasteiger partial charge in [0.1, 0.15) is 5.78 Å². The number of hydrogen-bond acceptors (Lipinski definition) is 3. The molecule has 4 nitrogen and oxygen atoms in total. The van der Waals surface area contributed by atoms with Crippen LogP contribution in [0, 0.1) is 19.8 Å². The van der Waals surface area contributed by atoms with Crippen molar-refractivity contribution >= 4 is 15.8 Å². The summed E-state index contributed by atoms with van der Waals surface area (Å²) in [5, 5.41) is 0. The summed E-state index contributed by atoms with van der Waals surface area (Å²) in [6.45, 7) is 4.57. The zero-order valence-electron chi connectivity index (χ0n) is 19.3. The highest BCUT2D eigenvalue weighted by atomic mass is 32.2. The first-order valence-corrected chi connectivity index (χ1v) is 13.0. The first-order chi connectivity index (χ1) is 15.8. The van der Waals surface area contributed by atoms with E-state index in [1.54, 1.807) is 6.07 Å². The molecule has 3 aromatic carbocycles. The van der Waals surface area contributed by atoms with Crippen LogP contribution in [0.1, 0.15) is 42.1 Å². The third-order valence-electron chi connectivity index (χ3n) is 6.51.